The minimum Gasteiger partial charge on any atom is -0.493 e. The first kappa shape index (κ1) is 14.3. The number of nitrogens with one attached hydrogen (secondary N) is 1. The number of hydrogen-bond donors (Lipinski definition) is 2. The Morgan fingerprint density at radius 1 is 1.14 bits per heavy atom. The monoisotopic (exact) mass is 291 g/mol. The molecular formula is C16H25N3O2. The van der Waals surface area contributed by atoms with Crippen molar-refractivity contribution in [1.82, 2.24) is 4.90 Å². The summed E-state index contributed by atoms with van der Waals surface area (Å²) in [5, 5.41) is 3.60. The molecule has 0 spiro atoms. The van der Waals surface area contributed by atoms with Crippen molar-refractivity contribution in [3.8, 4) is 11.5 Å². The van der Waals surface area contributed by atoms with Gasteiger partial charge in [-0.25, -0.2) is 0 Å². The number of ether oxygens (including phenoxy) is 2. The van der Waals surface area contributed by atoms with Crippen molar-refractivity contribution in [2.45, 2.75) is 37.8 Å². The maximum Gasteiger partial charge on any atom is 0.162 e. The number of nitrogens with two attached hydrogens (primary N) is 1. The van der Waals surface area contributed by atoms with Gasteiger partial charge in [-0.2, -0.15) is 0 Å². The van der Waals surface area contributed by atoms with E-state index < -0.39 is 0 Å². The van der Waals surface area contributed by atoms with Crippen LogP contribution >= 0.6 is 0 Å². The highest BCUT2D eigenvalue weighted by atomic mass is 16.5. The van der Waals surface area contributed by atoms with E-state index >= 15 is 0 Å². The molecule has 2 unspecified atom stereocenters. The Kier molecular flexibility index (Phi) is 4.10. The minimum absolute atomic E-state index is 0.491. The summed E-state index contributed by atoms with van der Waals surface area (Å²) in [6.07, 6.45) is 5.05. The molecule has 3 rings (SSSR count). The molecule has 3 N–H and O–H groups in total. The van der Waals surface area contributed by atoms with Crippen molar-refractivity contribution in [3.63, 3.8) is 0 Å². The van der Waals surface area contributed by atoms with Crippen LogP contribution in [0.25, 0.3) is 0 Å². The maximum atomic E-state index is 6.14. The first-order valence-electron chi connectivity index (χ1n) is 7.73. The van der Waals surface area contributed by atoms with Gasteiger partial charge in [0.1, 0.15) is 0 Å². The van der Waals surface area contributed by atoms with Crippen LogP contribution in [-0.4, -0.2) is 44.3 Å². The van der Waals surface area contributed by atoms with Crippen LogP contribution in [0, 0.1) is 0 Å². The Morgan fingerprint density at radius 3 is 2.67 bits per heavy atom. The number of benzene rings is 1. The Hall–Kier alpha value is -1.62. The average molecular weight is 291 g/mol. The summed E-state index contributed by atoms with van der Waals surface area (Å²) < 4.78 is 10.6. The Labute approximate surface area is 126 Å². The van der Waals surface area contributed by atoms with Gasteiger partial charge < -0.3 is 25.4 Å². The highest BCUT2D eigenvalue weighted by molar-refractivity contribution is 5.72. The third-order valence-corrected chi connectivity index (χ3v) is 4.74. The lowest BCUT2D eigenvalue weighted by molar-refractivity contribution is 0.188. The lowest BCUT2D eigenvalue weighted by atomic mass is 9.97. The first-order chi connectivity index (χ1) is 10.2. The molecule has 2 aliphatic heterocycles. The predicted octanol–water partition coefficient (Wildman–Crippen LogP) is 2.32. The molecule has 116 valence electrons. The third-order valence-electron chi connectivity index (χ3n) is 4.74. The smallest absolute Gasteiger partial charge is 0.162 e. The Balaban J connectivity index is 1.72. The summed E-state index contributed by atoms with van der Waals surface area (Å²) in [5.74, 6) is 1.39. The van der Waals surface area contributed by atoms with Crippen LogP contribution < -0.4 is 20.5 Å². The van der Waals surface area contributed by atoms with Crippen LogP contribution in [0.2, 0.25) is 0 Å². The maximum absolute atomic E-state index is 6.14. The largest absolute Gasteiger partial charge is 0.493 e. The average Bonchev–Trinajstić information content (AvgIpc) is 2.96. The molecule has 0 aliphatic carbocycles. The van der Waals surface area contributed by atoms with E-state index in [-0.39, 0.29) is 0 Å². The topological polar surface area (TPSA) is 59.8 Å². The second kappa shape index (κ2) is 6.02. The van der Waals surface area contributed by atoms with Gasteiger partial charge in [-0.05, 0) is 32.2 Å². The van der Waals surface area contributed by atoms with Gasteiger partial charge in [0, 0.05) is 30.8 Å². The quantitative estimate of drug-likeness (QED) is 0.834. The zero-order valence-corrected chi connectivity index (χ0v) is 12.9. The van der Waals surface area contributed by atoms with Crippen LogP contribution in [-0.2, 0) is 0 Å². The second-order valence-electron chi connectivity index (χ2n) is 5.99. The van der Waals surface area contributed by atoms with Crippen molar-refractivity contribution in [1.29, 1.82) is 0 Å². The molecule has 5 nitrogen and oxygen atoms in total. The summed E-state index contributed by atoms with van der Waals surface area (Å²) in [7, 11) is 3.27. The normalized spacial score (nSPS) is 25.4. The van der Waals surface area contributed by atoms with Gasteiger partial charge >= 0.3 is 0 Å². The highest BCUT2D eigenvalue weighted by Crippen LogP contribution is 2.36. The highest BCUT2D eigenvalue weighted by Gasteiger charge is 2.31. The number of fused-ring (bicyclic) bond motifs is 1. The van der Waals surface area contributed by atoms with Crippen molar-refractivity contribution in [2.24, 2.45) is 0 Å². The summed E-state index contributed by atoms with van der Waals surface area (Å²) in [4.78, 5) is 2.62. The van der Waals surface area contributed by atoms with E-state index in [9.17, 15) is 0 Å². The molecule has 2 aliphatic rings. The van der Waals surface area contributed by atoms with Gasteiger partial charge in [-0.15, -0.1) is 0 Å². The van der Waals surface area contributed by atoms with E-state index in [4.69, 9.17) is 15.2 Å². The molecule has 2 saturated heterocycles. The fraction of sp³-hybridized carbons (Fsp3) is 0.625. The molecule has 0 saturated carbocycles. The Bertz CT molecular complexity index is 507. The molecule has 0 radical (unpaired) electrons. The molecule has 1 aromatic carbocycles. The van der Waals surface area contributed by atoms with Gasteiger partial charge in [0.2, 0.25) is 0 Å². The molecule has 2 heterocycles. The number of nitrogen functional groups attached to an aromatic ring is 1. The zero-order chi connectivity index (χ0) is 14.8. The van der Waals surface area contributed by atoms with Crippen LogP contribution in [0.4, 0.5) is 11.4 Å². The molecule has 1 aromatic rings. The fourth-order valence-corrected chi connectivity index (χ4v) is 3.60. The molecule has 0 aromatic heterocycles. The van der Waals surface area contributed by atoms with Crippen molar-refractivity contribution in [2.75, 3.05) is 38.4 Å². The standard InChI is InChI=1S/C16H25N3O2/c1-20-15-9-13(17)14(10-16(15)21-2)18-11-5-7-19-6-3-4-12(19)8-11/h9-12,18H,3-8,17H2,1-2H3. The van der Waals surface area contributed by atoms with Gasteiger partial charge in [-0.3, -0.25) is 0 Å². The van der Waals surface area contributed by atoms with Crippen LogP contribution in [0.1, 0.15) is 25.7 Å². The van der Waals surface area contributed by atoms with E-state index in [0.717, 1.165) is 11.7 Å². The molecule has 0 bridgehead atoms. The molecule has 2 atom stereocenters. The SMILES string of the molecule is COc1cc(N)c(NC2CCN3CCCC3C2)cc1OC. The van der Waals surface area contributed by atoms with E-state index in [1.165, 1.54) is 38.8 Å². The third kappa shape index (κ3) is 2.88. The summed E-state index contributed by atoms with van der Waals surface area (Å²) in [6, 6.07) is 5.00. The molecule has 2 fully saturated rings. The summed E-state index contributed by atoms with van der Waals surface area (Å²) >= 11 is 0. The number of methoxy groups -OCH3 is 2. The van der Waals surface area contributed by atoms with Crippen LogP contribution in [0.15, 0.2) is 12.1 Å². The van der Waals surface area contributed by atoms with Crippen molar-refractivity contribution >= 4 is 11.4 Å². The molecule has 0 amide bonds. The van der Waals surface area contributed by atoms with E-state index in [2.05, 4.69) is 10.2 Å². The number of nitrogens with zero attached hydrogens (tertiary/aromatic N) is 1. The Morgan fingerprint density at radius 2 is 1.90 bits per heavy atom. The first-order valence-corrected chi connectivity index (χ1v) is 7.73. The number of rotatable bonds is 4. The minimum atomic E-state index is 0.491. The lowest BCUT2D eigenvalue weighted by Gasteiger charge is -2.35. The van der Waals surface area contributed by atoms with E-state index in [0.29, 0.717) is 23.2 Å². The second-order valence-corrected chi connectivity index (χ2v) is 5.99. The van der Waals surface area contributed by atoms with Crippen LogP contribution in [0.3, 0.4) is 0 Å². The van der Waals surface area contributed by atoms with Gasteiger partial charge in [-0.1, -0.05) is 0 Å². The number of anilines is 2. The predicted molar refractivity (Wildman–Crippen MR) is 85.2 cm³/mol. The van der Waals surface area contributed by atoms with Crippen molar-refractivity contribution in [3.05, 3.63) is 12.1 Å². The zero-order valence-electron chi connectivity index (χ0n) is 12.9. The summed E-state index contributed by atoms with van der Waals surface area (Å²) in [6.45, 7) is 2.46. The van der Waals surface area contributed by atoms with Gasteiger partial charge in [0.15, 0.2) is 11.5 Å². The molecule has 5 heteroatoms. The van der Waals surface area contributed by atoms with E-state index in [1.54, 1.807) is 14.2 Å². The van der Waals surface area contributed by atoms with Gasteiger partial charge in [0.05, 0.1) is 25.6 Å². The van der Waals surface area contributed by atoms with E-state index in [1.807, 2.05) is 12.1 Å². The number of piperidine rings is 1. The van der Waals surface area contributed by atoms with Crippen LogP contribution in [0.5, 0.6) is 11.5 Å². The van der Waals surface area contributed by atoms with Crippen molar-refractivity contribution < 1.29 is 9.47 Å². The lowest BCUT2D eigenvalue weighted by Crippen LogP contribution is -2.42. The molecular weight excluding hydrogens is 266 g/mol. The molecule has 21 heavy (non-hydrogen) atoms. The number of hydrogen-bond acceptors (Lipinski definition) is 5. The van der Waals surface area contributed by atoms with Gasteiger partial charge in [0.25, 0.3) is 0 Å². The summed E-state index contributed by atoms with van der Waals surface area (Å²) in [5.41, 5.74) is 7.79. The fourth-order valence-electron chi connectivity index (χ4n) is 3.60.